The van der Waals surface area contributed by atoms with Gasteiger partial charge in [-0.15, -0.1) is 0 Å². The van der Waals surface area contributed by atoms with E-state index in [1.165, 1.54) is 5.56 Å². The van der Waals surface area contributed by atoms with Gasteiger partial charge in [-0.05, 0) is 50.2 Å². The standard InChI is InChI=1S/C13H16ClN3/c1-15-7-3-4-11-9-16-17(10-11)13-6-2-5-12(14)8-13/h2,5-6,8-10,15H,3-4,7H2,1H3. The fraction of sp³-hybridized carbons (Fsp3) is 0.308. The van der Waals surface area contributed by atoms with Gasteiger partial charge in [-0.1, -0.05) is 17.7 Å². The van der Waals surface area contributed by atoms with Crippen LogP contribution in [-0.4, -0.2) is 23.4 Å². The van der Waals surface area contributed by atoms with Crippen LogP contribution in [-0.2, 0) is 6.42 Å². The summed E-state index contributed by atoms with van der Waals surface area (Å²) in [5.74, 6) is 0. The van der Waals surface area contributed by atoms with Crippen LogP contribution in [0, 0.1) is 0 Å². The normalized spacial score (nSPS) is 10.7. The molecule has 0 aliphatic rings. The van der Waals surface area contributed by atoms with Gasteiger partial charge in [0.25, 0.3) is 0 Å². The average molecular weight is 250 g/mol. The van der Waals surface area contributed by atoms with Crippen molar-refractivity contribution in [1.82, 2.24) is 15.1 Å². The second-order valence-electron chi connectivity index (χ2n) is 3.98. The molecule has 4 heteroatoms. The largest absolute Gasteiger partial charge is 0.320 e. The van der Waals surface area contributed by atoms with Crippen LogP contribution in [0.1, 0.15) is 12.0 Å². The molecule has 2 aromatic rings. The van der Waals surface area contributed by atoms with E-state index in [4.69, 9.17) is 11.6 Å². The first kappa shape index (κ1) is 12.1. The van der Waals surface area contributed by atoms with E-state index in [0.717, 1.165) is 30.1 Å². The van der Waals surface area contributed by atoms with Crippen LogP contribution < -0.4 is 5.32 Å². The zero-order valence-electron chi connectivity index (χ0n) is 9.86. The Morgan fingerprint density at radius 2 is 2.29 bits per heavy atom. The Hall–Kier alpha value is -1.32. The molecule has 0 atom stereocenters. The lowest BCUT2D eigenvalue weighted by Crippen LogP contribution is -2.08. The number of aryl methyl sites for hydroxylation is 1. The zero-order chi connectivity index (χ0) is 12.1. The van der Waals surface area contributed by atoms with Gasteiger partial charge in [0.15, 0.2) is 0 Å². The number of rotatable bonds is 5. The van der Waals surface area contributed by atoms with Gasteiger partial charge in [0.05, 0.1) is 11.9 Å². The van der Waals surface area contributed by atoms with Gasteiger partial charge >= 0.3 is 0 Å². The monoisotopic (exact) mass is 249 g/mol. The smallest absolute Gasteiger partial charge is 0.0660 e. The summed E-state index contributed by atoms with van der Waals surface area (Å²) >= 11 is 5.95. The number of nitrogens with one attached hydrogen (secondary N) is 1. The van der Waals surface area contributed by atoms with Gasteiger partial charge in [0.2, 0.25) is 0 Å². The van der Waals surface area contributed by atoms with Crippen LogP contribution in [0.2, 0.25) is 5.02 Å². The van der Waals surface area contributed by atoms with Crippen molar-refractivity contribution in [2.24, 2.45) is 0 Å². The van der Waals surface area contributed by atoms with E-state index < -0.39 is 0 Å². The van der Waals surface area contributed by atoms with Crippen LogP contribution >= 0.6 is 11.6 Å². The number of halogens is 1. The number of aromatic nitrogens is 2. The third-order valence-electron chi connectivity index (χ3n) is 2.60. The van der Waals surface area contributed by atoms with E-state index in [2.05, 4.69) is 16.6 Å². The minimum atomic E-state index is 0.731. The second kappa shape index (κ2) is 5.84. The molecule has 1 heterocycles. The lowest BCUT2D eigenvalue weighted by atomic mass is 10.2. The number of hydrogen-bond donors (Lipinski definition) is 1. The van der Waals surface area contributed by atoms with E-state index in [1.54, 1.807) is 0 Å². The van der Waals surface area contributed by atoms with Crippen LogP contribution in [0.15, 0.2) is 36.7 Å². The molecule has 1 aromatic carbocycles. The van der Waals surface area contributed by atoms with Crippen molar-refractivity contribution in [3.05, 3.63) is 47.2 Å². The SMILES string of the molecule is CNCCCc1cnn(-c2cccc(Cl)c2)c1. The summed E-state index contributed by atoms with van der Waals surface area (Å²) in [4.78, 5) is 0. The summed E-state index contributed by atoms with van der Waals surface area (Å²) < 4.78 is 1.86. The molecule has 2 rings (SSSR count). The van der Waals surface area contributed by atoms with Crippen molar-refractivity contribution in [2.45, 2.75) is 12.8 Å². The van der Waals surface area contributed by atoms with Crippen molar-refractivity contribution in [2.75, 3.05) is 13.6 Å². The predicted octanol–water partition coefficient (Wildman–Crippen LogP) is 2.68. The predicted molar refractivity (Wildman–Crippen MR) is 70.8 cm³/mol. The number of benzene rings is 1. The van der Waals surface area contributed by atoms with Crippen molar-refractivity contribution < 1.29 is 0 Å². The van der Waals surface area contributed by atoms with Gasteiger partial charge < -0.3 is 5.32 Å². The molecule has 0 saturated carbocycles. The van der Waals surface area contributed by atoms with Gasteiger partial charge in [-0.2, -0.15) is 5.10 Å². The molecule has 0 aliphatic carbocycles. The van der Waals surface area contributed by atoms with Crippen LogP contribution in [0.5, 0.6) is 0 Å². The molecule has 0 radical (unpaired) electrons. The van der Waals surface area contributed by atoms with Crippen molar-refractivity contribution in [1.29, 1.82) is 0 Å². The third kappa shape index (κ3) is 3.32. The van der Waals surface area contributed by atoms with Crippen LogP contribution in [0.3, 0.4) is 0 Å². The second-order valence-corrected chi connectivity index (χ2v) is 4.42. The molecule has 0 saturated heterocycles. The Balaban J connectivity index is 2.07. The molecule has 0 bridgehead atoms. The summed E-state index contributed by atoms with van der Waals surface area (Å²) in [7, 11) is 1.97. The average Bonchev–Trinajstić information content (AvgIpc) is 2.78. The fourth-order valence-corrected chi connectivity index (χ4v) is 1.90. The van der Waals surface area contributed by atoms with E-state index in [-0.39, 0.29) is 0 Å². The van der Waals surface area contributed by atoms with Crippen LogP contribution in [0.25, 0.3) is 5.69 Å². The molecule has 0 unspecified atom stereocenters. The molecule has 1 N–H and O–H groups in total. The highest BCUT2D eigenvalue weighted by Crippen LogP contribution is 2.14. The maximum atomic E-state index is 5.95. The highest BCUT2D eigenvalue weighted by molar-refractivity contribution is 6.30. The maximum absolute atomic E-state index is 5.95. The van der Waals surface area contributed by atoms with E-state index in [9.17, 15) is 0 Å². The first-order valence-electron chi connectivity index (χ1n) is 5.73. The van der Waals surface area contributed by atoms with E-state index in [1.807, 2.05) is 42.2 Å². The topological polar surface area (TPSA) is 29.9 Å². The Morgan fingerprint density at radius 1 is 1.41 bits per heavy atom. The molecule has 0 spiro atoms. The molecular weight excluding hydrogens is 234 g/mol. The Bertz CT molecular complexity index is 479. The Kier molecular flexibility index (Phi) is 4.18. The van der Waals surface area contributed by atoms with Crippen LogP contribution in [0.4, 0.5) is 0 Å². The fourth-order valence-electron chi connectivity index (χ4n) is 1.72. The zero-order valence-corrected chi connectivity index (χ0v) is 10.6. The molecule has 3 nitrogen and oxygen atoms in total. The highest BCUT2D eigenvalue weighted by atomic mass is 35.5. The summed E-state index contributed by atoms with van der Waals surface area (Å²) in [6, 6.07) is 7.70. The van der Waals surface area contributed by atoms with Crippen molar-refractivity contribution in [3.63, 3.8) is 0 Å². The molecule has 90 valence electrons. The maximum Gasteiger partial charge on any atom is 0.0660 e. The molecule has 0 fully saturated rings. The van der Waals surface area contributed by atoms with Gasteiger partial charge in [-0.3, -0.25) is 0 Å². The quantitative estimate of drug-likeness (QED) is 0.826. The van der Waals surface area contributed by atoms with E-state index >= 15 is 0 Å². The summed E-state index contributed by atoms with van der Waals surface area (Å²) in [6.45, 7) is 1.03. The molecule has 1 aromatic heterocycles. The Morgan fingerprint density at radius 3 is 3.06 bits per heavy atom. The van der Waals surface area contributed by atoms with Crippen molar-refractivity contribution >= 4 is 11.6 Å². The lowest BCUT2D eigenvalue weighted by molar-refractivity contribution is 0.724. The molecule has 17 heavy (non-hydrogen) atoms. The third-order valence-corrected chi connectivity index (χ3v) is 2.84. The first-order valence-corrected chi connectivity index (χ1v) is 6.11. The molecule has 0 aliphatic heterocycles. The van der Waals surface area contributed by atoms with Gasteiger partial charge in [0.1, 0.15) is 0 Å². The summed E-state index contributed by atoms with van der Waals surface area (Å²) in [6.07, 6.45) is 6.14. The lowest BCUT2D eigenvalue weighted by Gasteiger charge is -2.01. The summed E-state index contributed by atoms with van der Waals surface area (Å²) in [5.41, 5.74) is 2.25. The number of hydrogen-bond acceptors (Lipinski definition) is 2. The summed E-state index contributed by atoms with van der Waals surface area (Å²) in [5, 5.41) is 8.21. The van der Waals surface area contributed by atoms with E-state index in [0.29, 0.717) is 0 Å². The minimum absolute atomic E-state index is 0.731. The molecular formula is C13H16ClN3. The Labute approximate surface area is 106 Å². The van der Waals surface area contributed by atoms with Gasteiger partial charge in [0, 0.05) is 11.2 Å². The van der Waals surface area contributed by atoms with Crippen molar-refractivity contribution in [3.8, 4) is 5.69 Å². The number of nitrogens with zero attached hydrogens (tertiary/aromatic N) is 2. The minimum Gasteiger partial charge on any atom is -0.320 e. The molecule has 0 amide bonds. The van der Waals surface area contributed by atoms with Gasteiger partial charge in [-0.25, -0.2) is 4.68 Å². The highest BCUT2D eigenvalue weighted by Gasteiger charge is 2.01. The first-order chi connectivity index (χ1) is 8.29.